The molecule has 2 aromatic carbocycles. The van der Waals surface area contributed by atoms with Crippen molar-refractivity contribution < 1.29 is 22.7 Å². The van der Waals surface area contributed by atoms with Gasteiger partial charge in [-0.25, -0.2) is 8.42 Å². The van der Waals surface area contributed by atoms with Crippen LogP contribution in [0.1, 0.15) is 44.6 Å². The normalized spacial score (nSPS) is 15.1. The Morgan fingerprint density at radius 2 is 1.81 bits per heavy atom. The van der Waals surface area contributed by atoms with E-state index in [1.807, 2.05) is 6.07 Å². The number of halogens is 2. The third-order valence-electron chi connectivity index (χ3n) is 6.46. The minimum absolute atomic E-state index is 0.0651. The lowest BCUT2D eigenvalue weighted by Crippen LogP contribution is -2.53. The fourth-order valence-corrected chi connectivity index (χ4v) is 5.68. The van der Waals surface area contributed by atoms with Crippen LogP contribution in [0.2, 0.25) is 10.0 Å². The molecule has 1 aliphatic rings. The molecule has 8 nitrogen and oxygen atoms in total. The van der Waals surface area contributed by atoms with Gasteiger partial charge in [0.15, 0.2) is 0 Å². The molecule has 11 heteroatoms. The van der Waals surface area contributed by atoms with E-state index in [0.717, 1.165) is 48.2 Å². The van der Waals surface area contributed by atoms with Gasteiger partial charge in [-0.05, 0) is 55.7 Å². The molecule has 37 heavy (non-hydrogen) atoms. The molecular formula is C26H33Cl2N3O5S. The maximum Gasteiger partial charge on any atom is 0.244 e. The maximum absolute atomic E-state index is 13.7. The average molecular weight is 571 g/mol. The summed E-state index contributed by atoms with van der Waals surface area (Å²) in [4.78, 5) is 28.3. The highest BCUT2D eigenvalue weighted by Crippen LogP contribution is 2.31. The molecule has 1 saturated carbocycles. The van der Waals surface area contributed by atoms with Crippen LogP contribution in [0.5, 0.6) is 5.75 Å². The summed E-state index contributed by atoms with van der Waals surface area (Å²) < 4.78 is 31.6. The fourth-order valence-electron chi connectivity index (χ4n) is 4.39. The van der Waals surface area contributed by atoms with E-state index in [-0.39, 0.29) is 34.2 Å². The van der Waals surface area contributed by atoms with E-state index in [1.165, 1.54) is 23.1 Å². The molecule has 202 valence electrons. The summed E-state index contributed by atoms with van der Waals surface area (Å²) in [7, 11) is -2.37. The van der Waals surface area contributed by atoms with Crippen LogP contribution >= 0.6 is 23.2 Å². The smallest absolute Gasteiger partial charge is 0.244 e. The SMILES string of the molecule is COc1cccc(CN(C(=O)CN(c2cc(Cl)ccc2Cl)S(C)(=O)=O)C(C)C(=O)NC2CCCCC2)c1. The molecule has 0 spiro atoms. The van der Waals surface area contributed by atoms with Crippen LogP contribution < -0.4 is 14.4 Å². The molecule has 0 saturated heterocycles. The van der Waals surface area contributed by atoms with Gasteiger partial charge in [0.05, 0.1) is 24.1 Å². The van der Waals surface area contributed by atoms with Gasteiger partial charge in [0, 0.05) is 17.6 Å². The number of ether oxygens (including phenoxy) is 1. The summed E-state index contributed by atoms with van der Waals surface area (Å²) in [5, 5.41) is 3.47. The van der Waals surface area contributed by atoms with Gasteiger partial charge in [-0.15, -0.1) is 0 Å². The first-order chi connectivity index (χ1) is 17.5. The van der Waals surface area contributed by atoms with Crippen molar-refractivity contribution in [2.24, 2.45) is 0 Å². The van der Waals surface area contributed by atoms with Crippen molar-refractivity contribution in [3.63, 3.8) is 0 Å². The second kappa shape index (κ2) is 12.8. The van der Waals surface area contributed by atoms with Crippen molar-refractivity contribution in [1.82, 2.24) is 10.2 Å². The fraction of sp³-hybridized carbons (Fsp3) is 0.462. The highest BCUT2D eigenvalue weighted by atomic mass is 35.5. The lowest BCUT2D eigenvalue weighted by molar-refractivity contribution is -0.139. The van der Waals surface area contributed by atoms with Crippen LogP contribution in [0.15, 0.2) is 42.5 Å². The first-order valence-corrected chi connectivity index (χ1v) is 14.8. The van der Waals surface area contributed by atoms with Crippen molar-refractivity contribution >= 4 is 50.7 Å². The van der Waals surface area contributed by atoms with Gasteiger partial charge in [-0.3, -0.25) is 13.9 Å². The molecule has 1 atom stereocenters. The van der Waals surface area contributed by atoms with E-state index >= 15 is 0 Å². The number of benzene rings is 2. The highest BCUT2D eigenvalue weighted by molar-refractivity contribution is 7.92. The van der Waals surface area contributed by atoms with E-state index in [4.69, 9.17) is 27.9 Å². The quantitative estimate of drug-likeness (QED) is 0.449. The number of nitrogens with zero attached hydrogens (tertiary/aromatic N) is 2. The van der Waals surface area contributed by atoms with Crippen LogP contribution in [0.25, 0.3) is 0 Å². The van der Waals surface area contributed by atoms with Gasteiger partial charge in [0.25, 0.3) is 0 Å². The number of sulfonamides is 1. The predicted molar refractivity (Wildman–Crippen MR) is 147 cm³/mol. The van der Waals surface area contributed by atoms with Crippen molar-refractivity contribution in [3.8, 4) is 5.75 Å². The molecule has 0 aromatic heterocycles. The maximum atomic E-state index is 13.7. The zero-order valence-corrected chi connectivity index (χ0v) is 23.6. The molecule has 2 aromatic rings. The van der Waals surface area contributed by atoms with E-state index in [1.54, 1.807) is 32.2 Å². The Kier molecular flexibility index (Phi) is 10.1. The predicted octanol–water partition coefficient (Wildman–Crippen LogP) is 4.63. The molecule has 1 aliphatic carbocycles. The van der Waals surface area contributed by atoms with Gasteiger partial charge >= 0.3 is 0 Å². The van der Waals surface area contributed by atoms with Crippen LogP contribution in [-0.4, -0.2) is 57.1 Å². The number of methoxy groups -OCH3 is 1. The van der Waals surface area contributed by atoms with Crippen molar-refractivity contribution in [3.05, 3.63) is 58.1 Å². The van der Waals surface area contributed by atoms with Gasteiger partial charge in [-0.1, -0.05) is 54.6 Å². The summed E-state index contributed by atoms with van der Waals surface area (Å²) in [6, 6.07) is 10.8. The minimum Gasteiger partial charge on any atom is -0.497 e. The number of carbonyl (C=O) groups is 2. The van der Waals surface area contributed by atoms with E-state index in [9.17, 15) is 18.0 Å². The van der Waals surface area contributed by atoms with Crippen LogP contribution in [0.3, 0.4) is 0 Å². The Labute approximate surface area is 228 Å². The Hall–Kier alpha value is -2.49. The summed E-state index contributed by atoms with van der Waals surface area (Å²) >= 11 is 12.4. The third kappa shape index (κ3) is 7.99. The Morgan fingerprint density at radius 1 is 1.11 bits per heavy atom. The molecule has 0 heterocycles. The zero-order valence-electron chi connectivity index (χ0n) is 21.2. The second-order valence-electron chi connectivity index (χ2n) is 9.26. The van der Waals surface area contributed by atoms with Gasteiger partial charge < -0.3 is 15.0 Å². The Bertz CT molecular complexity index is 1220. The lowest BCUT2D eigenvalue weighted by atomic mass is 9.95. The minimum atomic E-state index is -3.92. The van der Waals surface area contributed by atoms with Gasteiger partial charge in [0.1, 0.15) is 18.3 Å². The highest BCUT2D eigenvalue weighted by Gasteiger charge is 2.32. The first-order valence-electron chi connectivity index (χ1n) is 12.1. The number of anilines is 1. The Balaban J connectivity index is 1.91. The number of carbonyl (C=O) groups excluding carboxylic acids is 2. The molecular weight excluding hydrogens is 537 g/mol. The monoisotopic (exact) mass is 569 g/mol. The largest absolute Gasteiger partial charge is 0.497 e. The van der Waals surface area contributed by atoms with Gasteiger partial charge in [0.2, 0.25) is 21.8 Å². The summed E-state index contributed by atoms with van der Waals surface area (Å²) in [5.74, 6) is -0.238. The molecule has 1 N–H and O–H groups in total. The topological polar surface area (TPSA) is 96.0 Å². The van der Waals surface area contributed by atoms with Gasteiger partial charge in [-0.2, -0.15) is 0 Å². The molecule has 1 unspecified atom stereocenters. The average Bonchev–Trinajstić information content (AvgIpc) is 2.87. The molecule has 2 amide bonds. The van der Waals surface area contributed by atoms with Crippen LogP contribution in [-0.2, 0) is 26.2 Å². The molecule has 3 rings (SSSR count). The molecule has 0 aliphatic heterocycles. The first kappa shape index (κ1) is 29.1. The molecule has 1 fully saturated rings. The number of hydrogen-bond acceptors (Lipinski definition) is 5. The number of nitrogens with one attached hydrogen (secondary N) is 1. The van der Waals surface area contributed by atoms with Crippen molar-refractivity contribution in [1.29, 1.82) is 0 Å². The molecule has 0 bridgehead atoms. The van der Waals surface area contributed by atoms with E-state index in [2.05, 4.69) is 5.32 Å². The lowest BCUT2D eigenvalue weighted by Gasteiger charge is -2.33. The number of amides is 2. The summed E-state index contributed by atoms with van der Waals surface area (Å²) in [6.07, 6.45) is 6.04. The number of rotatable bonds is 10. The third-order valence-corrected chi connectivity index (χ3v) is 8.14. The summed E-state index contributed by atoms with van der Waals surface area (Å²) in [6.45, 7) is 1.17. The van der Waals surface area contributed by atoms with Crippen LogP contribution in [0.4, 0.5) is 5.69 Å². The van der Waals surface area contributed by atoms with Crippen LogP contribution in [0, 0.1) is 0 Å². The standard InChI is InChI=1S/C26H33Cl2N3O5S/c1-18(26(33)29-21-9-5-4-6-10-21)30(16-19-8-7-11-22(14-19)36-2)25(32)17-31(37(3,34)35)24-15-20(27)12-13-23(24)28/h7-8,11-15,18,21H,4-6,9-10,16-17H2,1-3H3,(H,29,33). The number of hydrogen-bond donors (Lipinski definition) is 1. The van der Waals surface area contributed by atoms with Crippen molar-refractivity contribution in [2.75, 3.05) is 24.2 Å². The Morgan fingerprint density at radius 3 is 2.46 bits per heavy atom. The van der Waals surface area contributed by atoms with E-state index < -0.39 is 28.5 Å². The second-order valence-corrected chi connectivity index (χ2v) is 12.0. The van der Waals surface area contributed by atoms with E-state index in [0.29, 0.717) is 5.75 Å². The summed E-state index contributed by atoms with van der Waals surface area (Å²) in [5.41, 5.74) is 0.822. The molecule has 0 radical (unpaired) electrons. The van der Waals surface area contributed by atoms with Crippen molar-refractivity contribution in [2.45, 2.75) is 57.7 Å². The zero-order chi connectivity index (χ0) is 27.2.